The van der Waals surface area contributed by atoms with Gasteiger partial charge in [-0.25, -0.2) is 4.39 Å². The second-order valence-electron chi connectivity index (χ2n) is 6.05. The van der Waals surface area contributed by atoms with E-state index in [2.05, 4.69) is 5.32 Å². The third kappa shape index (κ3) is 4.64. The standard InChI is InChI=1S/C19H20FNO4/c1-19(18(24)25,14-7-3-2-4-8-14)12-21-17(23)11-16(22)13-6-5-9-15(20)10-13/h2-10,16,22H,11-12H2,1H3,(H,21,23)(H,24,25). The third-order valence-electron chi connectivity index (χ3n) is 4.13. The fraction of sp³-hybridized carbons (Fsp3) is 0.263. The summed E-state index contributed by atoms with van der Waals surface area (Å²) in [6, 6.07) is 14.0. The predicted octanol–water partition coefficient (Wildman–Crippen LogP) is 2.41. The van der Waals surface area contributed by atoms with Crippen molar-refractivity contribution in [2.45, 2.75) is 24.9 Å². The second kappa shape index (κ2) is 7.90. The maximum atomic E-state index is 13.2. The van der Waals surface area contributed by atoms with Crippen LogP contribution in [0.25, 0.3) is 0 Å². The molecule has 0 heterocycles. The minimum absolute atomic E-state index is 0.124. The van der Waals surface area contributed by atoms with Crippen molar-refractivity contribution >= 4 is 11.9 Å². The van der Waals surface area contributed by atoms with Crippen molar-refractivity contribution in [1.29, 1.82) is 0 Å². The predicted molar refractivity (Wildman–Crippen MR) is 90.4 cm³/mol. The smallest absolute Gasteiger partial charge is 0.315 e. The molecule has 0 aliphatic rings. The monoisotopic (exact) mass is 345 g/mol. The van der Waals surface area contributed by atoms with Gasteiger partial charge in [0.2, 0.25) is 5.91 Å². The molecule has 0 fully saturated rings. The fourth-order valence-electron chi connectivity index (χ4n) is 2.46. The molecule has 3 N–H and O–H groups in total. The molecule has 0 bridgehead atoms. The molecule has 5 nitrogen and oxygen atoms in total. The largest absolute Gasteiger partial charge is 0.481 e. The van der Waals surface area contributed by atoms with Gasteiger partial charge in [-0.1, -0.05) is 42.5 Å². The highest BCUT2D eigenvalue weighted by molar-refractivity contribution is 5.83. The lowest BCUT2D eigenvalue weighted by molar-refractivity contribution is -0.143. The van der Waals surface area contributed by atoms with Crippen molar-refractivity contribution < 1.29 is 24.2 Å². The molecule has 0 saturated carbocycles. The maximum absolute atomic E-state index is 13.2. The Hall–Kier alpha value is -2.73. The fourth-order valence-corrected chi connectivity index (χ4v) is 2.46. The van der Waals surface area contributed by atoms with Crippen molar-refractivity contribution in [3.63, 3.8) is 0 Å². The molecule has 0 aliphatic heterocycles. The topological polar surface area (TPSA) is 86.6 Å². The molecule has 1 amide bonds. The van der Waals surface area contributed by atoms with E-state index in [1.54, 1.807) is 30.3 Å². The van der Waals surface area contributed by atoms with Gasteiger partial charge in [-0.3, -0.25) is 9.59 Å². The molecule has 2 aromatic rings. The van der Waals surface area contributed by atoms with Gasteiger partial charge in [0.25, 0.3) is 0 Å². The van der Waals surface area contributed by atoms with Crippen LogP contribution in [0.3, 0.4) is 0 Å². The maximum Gasteiger partial charge on any atom is 0.315 e. The number of benzene rings is 2. The number of carbonyl (C=O) groups excluding carboxylic acids is 1. The number of aliphatic carboxylic acids is 1. The van der Waals surface area contributed by atoms with Crippen molar-refractivity contribution in [1.82, 2.24) is 5.32 Å². The minimum atomic E-state index is -1.29. The third-order valence-corrected chi connectivity index (χ3v) is 4.13. The van der Waals surface area contributed by atoms with Gasteiger partial charge in [-0.05, 0) is 30.2 Å². The van der Waals surface area contributed by atoms with E-state index in [9.17, 15) is 24.2 Å². The SMILES string of the molecule is CC(CNC(=O)CC(O)c1cccc(F)c1)(C(=O)O)c1ccccc1. The number of rotatable bonds is 7. The van der Waals surface area contributed by atoms with Gasteiger partial charge in [0.15, 0.2) is 0 Å². The number of amides is 1. The minimum Gasteiger partial charge on any atom is -0.481 e. The highest BCUT2D eigenvalue weighted by Crippen LogP contribution is 2.24. The lowest BCUT2D eigenvalue weighted by Gasteiger charge is -2.26. The lowest BCUT2D eigenvalue weighted by Crippen LogP contribution is -2.44. The Morgan fingerprint density at radius 1 is 1.16 bits per heavy atom. The zero-order valence-electron chi connectivity index (χ0n) is 13.8. The zero-order valence-corrected chi connectivity index (χ0v) is 13.8. The quantitative estimate of drug-likeness (QED) is 0.719. The van der Waals surface area contributed by atoms with Gasteiger partial charge < -0.3 is 15.5 Å². The number of halogens is 1. The summed E-state index contributed by atoms with van der Waals surface area (Å²) in [4.78, 5) is 23.7. The van der Waals surface area contributed by atoms with Gasteiger partial charge in [0, 0.05) is 6.54 Å². The first-order valence-electron chi connectivity index (χ1n) is 7.82. The average Bonchev–Trinajstić information content (AvgIpc) is 2.60. The number of hydrogen-bond donors (Lipinski definition) is 3. The Bertz CT molecular complexity index is 750. The van der Waals surface area contributed by atoms with Gasteiger partial charge >= 0.3 is 5.97 Å². The summed E-state index contributed by atoms with van der Waals surface area (Å²) in [5.41, 5.74) is -0.437. The van der Waals surface area contributed by atoms with E-state index in [4.69, 9.17) is 0 Å². The summed E-state index contributed by atoms with van der Waals surface area (Å²) in [5, 5.41) is 22.1. The van der Waals surface area contributed by atoms with E-state index < -0.39 is 29.2 Å². The molecule has 2 aromatic carbocycles. The van der Waals surface area contributed by atoms with Crippen LogP contribution in [0, 0.1) is 5.82 Å². The first-order chi connectivity index (χ1) is 11.8. The first kappa shape index (κ1) is 18.6. The molecule has 2 unspecified atom stereocenters. The van der Waals surface area contributed by atoms with E-state index in [1.807, 2.05) is 0 Å². The summed E-state index contributed by atoms with van der Waals surface area (Å²) in [5.74, 6) is -2.08. The Kier molecular flexibility index (Phi) is 5.88. The second-order valence-corrected chi connectivity index (χ2v) is 6.05. The molecule has 2 atom stereocenters. The molecule has 6 heteroatoms. The Morgan fingerprint density at radius 2 is 1.84 bits per heavy atom. The van der Waals surface area contributed by atoms with E-state index in [0.717, 1.165) is 6.07 Å². The van der Waals surface area contributed by atoms with Crippen LogP contribution in [0.1, 0.15) is 30.6 Å². The number of aliphatic hydroxyl groups is 1. The van der Waals surface area contributed by atoms with E-state index in [1.165, 1.54) is 25.1 Å². The number of carboxylic acids is 1. The van der Waals surface area contributed by atoms with Crippen LogP contribution in [0.4, 0.5) is 4.39 Å². The van der Waals surface area contributed by atoms with Gasteiger partial charge in [0.1, 0.15) is 11.2 Å². The van der Waals surface area contributed by atoms with Crippen LogP contribution in [0.15, 0.2) is 54.6 Å². The number of nitrogens with one attached hydrogen (secondary N) is 1. The number of aliphatic hydroxyl groups excluding tert-OH is 1. The van der Waals surface area contributed by atoms with Crippen LogP contribution in [0.5, 0.6) is 0 Å². The molecule has 2 rings (SSSR count). The van der Waals surface area contributed by atoms with E-state index in [-0.39, 0.29) is 13.0 Å². The van der Waals surface area contributed by atoms with Crippen LogP contribution >= 0.6 is 0 Å². The average molecular weight is 345 g/mol. The van der Waals surface area contributed by atoms with Crippen molar-refractivity contribution in [3.05, 3.63) is 71.5 Å². The molecule has 132 valence electrons. The molecule has 0 spiro atoms. The highest BCUT2D eigenvalue weighted by atomic mass is 19.1. The summed E-state index contributed by atoms with van der Waals surface area (Å²) in [6.45, 7) is 1.40. The van der Waals surface area contributed by atoms with E-state index >= 15 is 0 Å². The van der Waals surface area contributed by atoms with Crippen LogP contribution < -0.4 is 5.32 Å². The van der Waals surface area contributed by atoms with Gasteiger partial charge in [-0.2, -0.15) is 0 Å². The van der Waals surface area contributed by atoms with Crippen molar-refractivity contribution in [2.24, 2.45) is 0 Å². The lowest BCUT2D eigenvalue weighted by atomic mass is 9.82. The molecule has 25 heavy (non-hydrogen) atoms. The molecule has 0 radical (unpaired) electrons. The summed E-state index contributed by atoms with van der Waals surface area (Å²) in [7, 11) is 0. The summed E-state index contributed by atoms with van der Waals surface area (Å²) < 4.78 is 13.2. The van der Waals surface area contributed by atoms with Crippen LogP contribution in [-0.4, -0.2) is 28.6 Å². The molecule has 0 aliphatic carbocycles. The Labute approximate surface area is 145 Å². The molecular formula is C19H20FNO4. The summed E-state index contributed by atoms with van der Waals surface area (Å²) in [6.07, 6.45) is -1.45. The molecule has 0 aromatic heterocycles. The Balaban J connectivity index is 2.01. The van der Waals surface area contributed by atoms with Gasteiger partial charge in [0.05, 0.1) is 12.5 Å². The van der Waals surface area contributed by atoms with Crippen LogP contribution in [-0.2, 0) is 15.0 Å². The zero-order chi connectivity index (χ0) is 18.4. The van der Waals surface area contributed by atoms with Crippen molar-refractivity contribution in [2.75, 3.05) is 6.54 Å². The highest BCUT2D eigenvalue weighted by Gasteiger charge is 2.35. The normalized spacial score (nSPS) is 14.4. The first-order valence-corrected chi connectivity index (χ1v) is 7.82. The number of hydrogen-bond acceptors (Lipinski definition) is 3. The Morgan fingerprint density at radius 3 is 2.44 bits per heavy atom. The van der Waals surface area contributed by atoms with Crippen molar-refractivity contribution in [3.8, 4) is 0 Å². The number of carbonyl (C=O) groups is 2. The molecular weight excluding hydrogens is 325 g/mol. The summed E-state index contributed by atoms with van der Waals surface area (Å²) >= 11 is 0. The number of carboxylic acid groups (broad SMARTS) is 1. The molecule has 0 saturated heterocycles. The van der Waals surface area contributed by atoms with Crippen LogP contribution in [0.2, 0.25) is 0 Å². The van der Waals surface area contributed by atoms with E-state index in [0.29, 0.717) is 11.1 Å². The van der Waals surface area contributed by atoms with Gasteiger partial charge in [-0.15, -0.1) is 0 Å².